The van der Waals surface area contributed by atoms with Crippen LogP contribution in [0.3, 0.4) is 0 Å². The van der Waals surface area contributed by atoms with Gasteiger partial charge in [0.2, 0.25) is 0 Å². The third-order valence-electron chi connectivity index (χ3n) is 4.96. The fourth-order valence-electron chi connectivity index (χ4n) is 3.06. The van der Waals surface area contributed by atoms with E-state index in [-0.39, 0.29) is 5.54 Å². The van der Waals surface area contributed by atoms with Gasteiger partial charge in [-0.05, 0) is 80.8 Å². The fourth-order valence-corrected chi connectivity index (χ4v) is 3.06. The predicted octanol–water partition coefficient (Wildman–Crippen LogP) is 7.72. The lowest BCUT2D eigenvalue weighted by Crippen LogP contribution is -2.25. The maximum atomic E-state index is 6.44. The zero-order chi connectivity index (χ0) is 19.3. The lowest BCUT2D eigenvalue weighted by molar-refractivity contribution is 0.458. The van der Waals surface area contributed by atoms with Gasteiger partial charge in [0.1, 0.15) is 11.5 Å². The second-order valence-electron chi connectivity index (χ2n) is 8.39. The van der Waals surface area contributed by atoms with Gasteiger partial charge in [0.15, 0.2) is 0 Å². The van der Waals surface area contributed by atoms with E-state index in [1.165, 1.54) is 11.1 Å². The Morgan fingerprint density at radius 2 is 1.35 bits per heavy atom. The molecule has 0 aliphatic carbocycles. The van der Waals surface area contributed by atoms with Crippen molar-refractivity contribution in [3.8, 4) is 11.5 Å². The molecule has 1 N–H and O–H groups in total. The van der Waals surface area contributed by atoms with Crippen molar-refractivity contribution in [3.63, 3.8) is 0 Å². The summed E-state index contributed by atoms with van der Waals surface area (Å²) in [6.07, 6.45) is 2.21. The predicted molar refractivity (Wildman–Crippen MR) is 114 cm³/mol. The van der Waals surface area contributed by atoms with E-state index in [2.05, 4.69) is 96.2 Å². The first-order valence-corrected chi connectivity index (χ1v) is 9.94. The van der Waals surface area contributed by atoms with Crippen LogP contribution >= 0.6 is 0 Å². The van der Waals surface area contributed by atoms with Crippen molar-refractivity contribution in [1.82, 2.24) is 0 Å². The Kier molecular flexibility index (Phi) is 6.75. The van der Waals surface area contributed by atoms with E-state index < -0.39 is 0 Å². The third kappa shape index (κ3) is 5.27. The summed E-state index contributed by atoms with van der Waals surface area (Å²) in [6, 6.07) is 14.9. The molecule has 0 saturated carbocycles. The Bertz CT molecular complexity index is 669. The van der Waals surface area contributed by atoms with Crippen molar-refractivity contribution < 1.29 is 4.74 Å². The molecule has 0 saturated heterocycles. The number of benzene rings is 2. The van der Waals surface area contributed by atoms with Crippen LogP contribution in [0.4, 0.5) is 5.69 Å². The fraction of sp³-hybridized carbons (Fsp3) is 0.500. The van der Waals surface area contributed by atoms with Gasteiger partial charge in [-0.1, -0.05) is 45.9 Å². The van der Waals surface area contributed by atoms with Gasteiger partial charge in [-0.3, -0.25) is 0 Å². The molecule has 142 valence electrons. The molecule has 2 aromatic rings. The first-order chi connectivity index (χ1) is 12.2. The summed E-state index contributed by atoms with van der Waals surface area (Å²) in [4.78, 5) is 0. The number of ether oxygens (including phenoxy) is 1. The normalized spacial score (nSPS) is 14.0. The van der Waals surface area contributed by atoms with E-state index in [1.807, 2.05) is 0 Å². The Balaban J connectivity index is 2.35. The highest BCUT2D eigenvalue weighted by Gasteiger charge is 2.18. The Morgan fingerprint density at radius 1 is 0.846 bits per heavy atom. The highest BCUT2D eigenvalue weighted by atomic mass is 16.5. The van der Waals surface area contributed by atoms with Crippen molar-refractivity contribution in [3.05, 3.63) is 53.6 Å². The average Bonchev–Trinajstić information content (AvgIpc) is 2.61. The molecule has 0 aliphatic heterocycles. The lowest BCUT2D eigenvalue weighted by Gasteiger charge is -2.23. The van der Waals surface area contributed by atoms with Crippen LogP contribution in [0.5, 0.6) is 11.5 Å². The molecule has 0 amide bonds. The second-order valence-corrected chi connectivity index (χ2v) is 8.39. The van der Waals surface area contributed by atoms with Crippen LogP contribution in [0.1, 0.15) is 84.3 Å². The SMILES string of the molecule is CCC(C)c1cccc(C(C)CC)c1Oc1ccc(NC(C)(C)C)cc1. The Morgan fingerprint density at radius 3 is 1.77 bits per heavy atom. The maximum Gasteiger partial charge on any atom is 0.134 e. The molecule has 0 aliphatic rings. The zero-order valence-electron chi connectivity index (χ0n) is 17.5. The Labute approximate surface area is 160 Å². The van der Waals surface area contributed by atoms with E-state index in [0.29, 0.717) is 11.8 Å². The van der Waals surface area contributed by atoms with Gasteiger partial charge in [-0.15, -0.1) is 0 Å². The molecule has 2 rings (SSSR count). The zero-order valence-corrected chi connectivity index (χ0v) is 17.5. The molecule has 0 fully saturated rings. The van der Waals surface area contributed by atoms with Gasteiger partial charge in [-0.2, -0.15) is 0 Å². The first-order valence-electron chi connectivity index (χ1n) is 9.94. The molecule has 2 atom stereocenters. The number of rotatable bonds is 7. The van der Waals surface area contributed by atoms with Crippen molar-refractivity contribution in [2.75, 3.05) is 5.32 Å². The van der Waals surface area contributed by atoms with E-state index >= 15 is 0 Å². The van der Waals surface area contributed by atoms with Crippen LogP contribution < -0.4 is 10.1 Å². The third-order valence-corrected chi connectivity index (χ3v) is 4.96. The van der Waals surface area contributed by atoms with E-state index in [4.69, 9.17) is 4.74 Å². The average molecular weight is 354 g/mol. The van der Waals surface area contributed by atoms with Crippen LogP contribution in [0.25, 0.3) is 0 Å². The minimum Gasteiger partial charge on any atom is -0.457 e. The van der Waals surface area contributed by atoms with Crippen LogP contribution in [0.2, 0.25) is 0 Å². The first kappa shape index (κ1) is 20.4. The smallest absolute Gasteiger partial charge is 0.134 e. The van der Waals surface area contributed by atoms with E-state index in [9.17, 15) is 0 Å². The summed E-state index contributed by atoms with van der Waals surface area (Å²) in [7, 11) is 0. The van der Waals surface area contributed by atoms with Crippen molar-refractivity contribution in [2.45, 2.75) is 78.7 Å². The summed E-state index contributed by atoms with van der Waals surface area (Å²) in [5, 5.41) is 3.49. The van der Waals surface area contributed by atoms with Crippen molar-refractivity contribution in [2.24, 2.45) is 0 Å². The summed E-state index contributed by atoms with van der Waals surface area (Å²) >= 11 is 0. The molecule has 2 heteroatoms. The minimum absolute atomic E-state index is 0.0509. The summed E-state index contributed by atoms with van der Waals surface area (Å²) in [5.74, 6) is 2.91. The molecule has 2 aromatic carbocycles. The van der Waals surface area contributed by atoms with Crippen LogP contribution in [-0.4, -0.2) is 5.54 Å². The number of nitrogens with one attached hydrogen (secondary N) is 1. The van der Waals surface area contributed by atoms with Crippen molar-refractivity contribution in [1.29, 1.82) is 0 Å². The van der Waals surface area contributed by atoms with Gasteiger partial charge in [0, 0.05) is 11.2 Å². The van der Waals surface area contributed by atoms with Gasteiger partial charge in [0.05, 0.1) is 0 Å². The number of anilines is 1. The highest BCUT2D eigenvalue weighted by Crippen LogP contribution is 2.39. The molecule has 0 aromatic heterocycles. The molecular formula is C24H35NO. The van der Waals surface area contributed by atoms with Gasteiger partial charge < -0.3 is 10.1 Å². The summed E-state index contributed by atoms with van der Waals surface area (Å²) in [5.41, 5.74) is 3.78. The maximum absolute atomic E-state index is 6.44. The molecule has 26 heavy (non-hydrogen) atoms. The number of hydrogen-bond acceptors (Lipinski definition) is 2. The Hall–Kier alpha value is -1.96. The van der Waals surface area contributed by atoms with Crippen LogP contribution in [0.15, 0.2) is 42.5 Å². The monoisotopic (exact) mass is 353 g/mol. The van der Waals surface area contributed by atoms with E-state index in [0.717, 1.165) is 30.0 Å². The quantitative estimate of drug-likeness (QED) is 0.550. The van der Waals surface area contributed by atoms with Gasteiger partial charge in [-0.25, -0.2) is 0 Å². The summed E-state index contributed by atoms with van der Waals surface area (Å²) in [6.45, 7) is 15.5. The topological polar surface area (TPSA) is 21.3 Å². The minimum atomic E-state index is 0.0509. The molecule has 0 heterocycles. The van der Waals surface area contributed by atoms with Crippen LogP contribution in [-0.2, 0) is 0 Å². The lowest BCUT2D eigenvalue weighted by atomic mass is 9.90. The molecule has 0 bridgehead atoms. The molecule has 2 unspecified atom stereocenters. The van der Waals surface area contributed by atoms with Crippen LogP contribution in [0, 0.1) is 0 Å². The van der Waals surface area contributed by atoms with E-state index in [1.54, 1.807) is 0 Å². The molecule has 2 nitrogen and oxygen atoms in total. The summed E-state index contributed by atoms with van der Waals surface area (Å²) < 4.78 is 6.44. The molecule has 0 radical (unpaired) electrons. The van der Waals surface area contributed by atoms with Gasteiger partial charge >= 0.3 is 0 Å². The molecule has 0 spiro atoms. The van der Waals surface area contributed by atoms with Crippen molar-refractivity contribution >= 4 is 5.69 Å². The largest absolute Gasteiger partial charge is 0.457 e. The number of hydrogen-bond donors (Lipinski definition) is 1. The van der Waals surface area contributed by atoms with Gasteiger partial charge in [0.25, 0.3) is 0 Å². The second kappa shape index (κ2) is 8.62. The highest BCUT2D eigenvalue weighted by molar-refractivity contribution is 5.51. The standard InChI is InChI=1S/C24H35NO/c1-8-17(3)21-11-10-12-22(18(4)9-2)23(21)26-20-15-13-19(14-16-20)25-24(5,6)7/h10-18,25H,8-9H2,1-7H3. The number of para-hydroxylation sites is 1. The molecular weight excluding hydrogens is 318 g/mol.